The second-order valence-corrected chi connectivity index (χ2v) is 1.61. The molecule has 0 radical (unpaired) electrons. The number of nitrogens with zero attached hydrogens (tertiary/aromatic N) is 1. The third-order valence-electron chi connectivity index (χ3n) is 1.06. The highest BCUT2D eigenvalue weighted by molar-refractivity contribution is 6.02. The molecule has 0 aliphatic carbocycles. The number of nitrogens with one attached hydrogen (secondary N) is 1. The molecule has 4 heteroatoms. The lowest BCUT2D eigenvalue weighted by Gasteiger charge is -2.01. The molecule has 1 saturated heterocycles. The van der Waals surface area contributed by atoms with Crippen LogP contribution in [0.25, 0.3) is 0 Å². The number of urea groups is 1. The van der Waals surface area contributed by atoms with Crippen LogP contribution >= 0.6 is 0 Å². The summed E-state index contributed by atoms with van der Waals surface area (Å²) in [4.78, 5) is 22.1. The van der Waals surface area contributed by atoms with Crippen LogP contribution < -0.4 is 5.32 Å². The van der Waals surface area contributed by atoms with Gasteiger partial charge in [-0.25, -0.2) is 9.69 Å². The third kappa shape index (κ3) is 0.782. The van der Waals surface area contributed by atoms with Gasteiger partial charge in [0.05, 0.1) is 6.54 Å². The Hall–Kier alpha value is -1.32. The van der Waals surface area contributed by atoms with E-state index in [1.165, 1.54) is 6.20 Å². The quantitative estimate of drug-likeness (QED) is 0.489. The minimum atomic E-state index is -0.394. The fourth-order valence-corrected chi connectivity index (χ4v) is 0.620. The molecule has 0 spiro atoms. The van der Waals surface area contributed by atoms with Crippen LogP contribution in [0.1, 0.15) is 0 Å². The van der Waals surface area contributed by atoms with Gasteiger partial charge in [0.1, 0.15) is 0 Å². The van der Waals surface area contributed by atoms with E-state index in [9.17, 15) is 9.59 Å². The largest absolute Gasteiger partial charge is 0.328 e. The van der Waals surface area contributed by atoms with Crippen molar-refractivity contribution in [3.63, 3.8) is 0 Å². The van der Waals surface area contributed by atoms with Gasteiger partial charge in [0.25, 0.3) is 5.91 Å². The molecular weight excluding hydrogens is 120 g/mol. The van der Waals surface area contributed by atoms with Crippen LogP contribution in [0.15, 0.2) is 12.8 Å². The number of hydrogen-bond acceptors (Lipinski definition) is 2. The maximum absolute atomic E-state index is 10.6. The first-order valence-electron chi connectivity index (χ1n) is 2.48. The van der Waals surface area contributed by atoms with Crippen molar-refractivity contribution in [1.29, 1.82) is 0 Å². The number of amides is 3. The predicted octanol–water partition coefficient (Wildman–Crippen LogP) is -0.318. The SMILES string of the molecule is C=CN1C(=O)CNC1=O. The summed E-state index contributed by atoms with van der Waals surface area (Å²) in [6, 6.07) is -0.394. The number of imide groups is 1. The summed E-state index contributed by atoms with van der Waals surface area (Å²) in [6.07, 6.45) is 1.20. The Kier molecular flexibility index (Phi) is 1.22. The molecule has 0 bridgehead atoms. The fourth-order valence-electron chi connectivity index (χ4n) is 0.620. The molecule has 1 heterocycles. The summed E-state index contributed by atoms with van der Waals surface area (Å²) < 4.78 is 0. The van der Waals surface area contributed by atoms with Crippen LogP contribution in [0.5, 0.6) is 0 Å². The van der Waals surface area contributed by atoms with Crippen LogP contribution in [0, 0.1) is 0 Å². The summed E-state index contributed by atoms with van der Waals surface area (Å²) in [5.41, 5.74) is 0. The zero-order chi connectivity index (χ0) is 6.85. The Morgan fingerprint density at radius 2 is 2.33 bits per heavy atom. The third-order valence-corrected chi connectivity index (χ3v) is 1.06. The Morgan fingerprint density at radius 3 is 2.56 bits per heavy atom. The van der Waals surface area contributed by atoms with Gasteiger partial charge in [-0.1, -0.05) is 6.58 Å². The molecule has 1 rings (SSSR count). The van der Waals surface area contributed by atoms with E-state index in [0.29, 0.717) is 0 Å². The number of carbonyl (C=O) groups excluding carboxylic acids is 2. The lowest BCUT2D eigenvalue weighted by molar-refractivity contribution is -0.123. The molecular formula is C5H6N2O2. The lowest BCUT2D eigenvalue weighted by atomic mass is 10.6. The molecule has 0 saturated carbocycles. The van der Waals surface area contributed by atoms with Crippen molar-refractivity contribution in [2.24, 2.45) is 0 Å². The van der Waals surface area contributed by atoms with Crippen molar-refractivity contribution in [2.75, 3.05) is 6.54 Å². The van der Waals surface area contributed by atoms with E-state index >= 15 is 0 Å². The average Bonchev–Trinajstić information content (AvgIpc) is 2.12. The molecule has 1 N–H and O–H groups in total. The summed E-state index contributed by atoms with van der Waals surface area (Å²) >= 11 is 0. The van der Waals surface area contributed by atoms with E-state index in [2.05, 4.69) is 11.9 Å². The summed E-state index contributed by atoms with van der Waals surface area (Å²) in [7, 11) is 0. The van der Waals surface area contributed by atoms with E-state index in [-0.39, 0.29) is 12.5 Å². The Morgan fingerprint density at radius 1 is 1.67 bits per heavy atom. The highest BCUT2D eigenvalue weighted by Gasteiger charge is 2.25. The lowest BCUT2D eigenvalue weighted by Crippen LogP contribution is -2.24. The van der Waals surface area contributed by atoms with Gasteiger partial charge in [0.2, 0.25) is 0 Å². The highest BCUT2D eigenvalue weighted by Crippen LogP contribution is 1.96. The molecule has 0 aromatic rings. The minimum absolute atomic E-state index is 0.0881. The molecule has 48 valence electrons. The van der Waals surface area contributed by atoms with Crippen LogP contribution in [0.3, 0.4) is 0 Å². The molecule has 0 aromatic heterocycles. The maximum atomic E-state index is 10.6. The zero-order valence-corrected chi connectivity index (χ0v) is 4.76. The van der Waals surface area contributed by atoms with Gasteiger partial charge in [0, 0.05) is 6.20 Å². The first kappa shape index (κ1) is 5.81. The molecule has 9 heavy (non-hydrogen) atoms. The number of rotatable bonds is 1. The molecule has 0 atom stereocenters. The fraction of sp³-hybridized carbons (Fsp3) is 0.200. The van der Waals surface area contributed by atoms with Crippen molar-refractivity contribution in [1.82, 2.24) is 10.2 Å². The standard InChI is InChI=1S/C5H6N2O2/c1-2-7-4(8)3-6-5(7)9/h2H,1,3H2,(H,6,9). The molecule has 3 amide bonds. The average molecular weight is 126 g/mol. The van der Waals surface area contributed by atoms with Crippen LogP contribution in [-0.4, -0.2) is 23.4 Å². The van der Waals surface area contributed by atoms with E-state index in [1.807, 2.05) is 0 Å². The molecule has 1 fully saturated rings. The first-order valence-corrected chi connectivity index (χ1v) is 2.48. The van der Waals surface area contributed by atoms with E-state index < -0.39 is 6.03 Å². The Balaban J connectivity index is 2.77. The van der Waals surface area contributed by atoms with Gasteiger partial charge < -0.3 is 5.32 Å². The minimum Gasteiger partial charge on any atom is -0.328 e. The molecule has 0 unspecified atom stereocenters. The monoisotopic (exact) mass is 126 g/mol. The second-order valence-electron chi connectivity index (χ2n) is 1.61. The van der Waals surface area contributed by atoms with E-state index in [4.69, 9.17) is 0 Å². The van der Waals surface area contributed by atoms with Crippen LogP contribution in [-0.2, 0) is 4.79 Å². The van der Waals surface area contributed by atoms with Crippen molar-refractivity contribution >= 4 is 11.9 Å². The van der Waals surface area contributed by atoms with Crippen LogP contribution in [0.4, 0.5) is 4.79 Å². The molecule has 1 aliphatic rings. The Labute approximate surface area is 52.1 Å². The molecule has 4 nitrogen and oxygen atoms in total. The molecule has 1 aliphatic heterocycles. The summed E-state index contributed by atoms with van der Waals surface area (Å²) in [6.45, 7) is 3.38. The first-order chi connectivity index (χ1) is 4.25. The van der Waals surface area contributed by atoms with Gasteiger partial charge >= 0.3 is 6.03 Å². The summed E-state index contributed by atoms with van der Waals surface area (Å²) in [5.74, 6) is -0.255. The van der Waals surface area contributed by atoms with Crippen molar-refractivity contribution in [3.05, 3.63) is 12.8 Å². The zero-order valence-electron chi connectivity index (χ0n) is 4.76. The summed E-state index contributed by atoms with van der Waals surface area (Å²) in [5, 5.41) is 2.34. The van der Waals surface area contributed by atoms with Gasteiger partial charge in [0.15, 0.2) is 0 Å². The number of carbonyl (C=O) groups is 2. The van der Waals surface area contributed by atoms with Gasteiger partial charge in [-0.3, -0.25) is 4.79 Å². The second kappa shape index (κ2) is 1.89. The van der Waals surface area contributed by atoms with Crippen molar-refractivity contribution in [3.8, 4) is 0 Å². The molecule has 0 aromatic carbocycles. The van der Waals surface area contributed by atoms with Gasteiger partial charge in [-0.05, 0) is 0 Å². The van der Waals surface area contributed by atoms with Crippen molar-refractivity contribution in [2.45, 2.75) is 0 Å². The normalized spacial score (nSPS) is 18.0. The van der Waals surface area contributed by atoms with Crippen molar-refractivity contribution < 1.29 is 9.59 Å². The topological polar surface area (TPSA) is 49.4 Å². The maximum Gasteiger partial charge on any atom is 0.328 e. The Bertz CT molecular complexity index is 160. The predicted molar refractivity (Wildman–Crippen MR) is 30.4 cm³/mol. The van der Waals surface area contributed by atoms with E-state index in [0.717, 1.165) is 4.90 Å². The highest BCUT2D eigenvalue weighted by atomic mass is 16.2. The van der Waals surface area contributed by atoms with Gasteiger partial charge in [-0.15, -0.1) is 0 Å². The van der Waals surface area contributed by atoms with Gasteiger partial charge in [-0.2, -0.15) is 0 Å². The van der Waals surface area contributed by atoms with E-state index in [1.54, 1.807) is 0 Å². The number of hydrogen-bond donors (Lipinski definition) is 1. The smallest absolute Gasteiger partial charge is 0.328 e. The van der Waals surface area contributed by atoms with Crippen LogP contribution in [0.2, 0.25) is 0 Å².